The fourth-order valence-electron chi connectivity index (χ4n) is 4.11. The lowest BCUT2D eigenvalue weighted by molar-refractivity contribution is -0.122. The van der Waals surface area contributed by atoms with Gasteiger partial charge in [-0.05, 0) is 58.7 Å². The average Bonchev–Trinajstić information content (AvgIpc) is 3.32. The van der Waals surface area contributed by atoms with E-state index in [1.807, 2.05) is 4.90 Å². The Balaban J connectivity index is 1.35. The van der Waals surface area contributed by atoms with Crippen molar-refractivity contribution in [3.8, 4) is 0 Å². The second-order valence-electron chi connectivity index (χ2n) is 7.71. The number of amides is 1. The van der Waals surface area contributed by atoms with Crippen LogP contribution < -0.4 is 15.8 Å². The van der Waals surface area contributed by atoms with Crippen molar-refractivity contribution in [1.29, 1.82) is 0 Å². The molecule has 0 aliphatic carbocycles. The van der Waals surface area contributed by atoms with Gasteiger partial charge < -0.3 is 15.1 Å². The van der Waals surface area contributed by atoms with E-state index in [4.69, 9.17) is 0 Å². The number of fused-ring (bicyclic) bond motifs is 1. The van der Waals surface area contributed by atoms with Crippen molar-refractivity contribution in [1.82, 2.24) is 24.8 Å². The number of anilines is 1. The number of carbonyl (C=O) groups is 1. The Morgan fingerprint density at radius 1 is 1.25 bits per heavy atom. The number of hydrogen-bond acceptors (Lipinski definition) is 7. The van der Waals surface area contributed by atoms with Crippen molar-refractivity contribution in [2.24, 2.45) is 0 Å². The van der Waals surface area contributed by atoms with Crippen molar-refractivity contribution in [2.45, 2.75) is 51.5 Å². The Labute approximate surface area is 168 Å². The summed E-state index contributed by atoms with van der Waals surface area (Å²) in [6.45, 7) is 6.72. The van der Waals surface area contributed by atoms with Crippen LogP contribution >= 0.6 is 11.3 Å². The number of rotatable bonds is 6. The maximum atomic E-state index is 12.7. The maximum Gasteiger partial charge on any atom is 0.275 e. The van der Waals surface area contributed by atoms with Crippen LogP contribution in [0.5, 0.6) is 0 Å². The van der Waals surface area contributed by atoms with Gasteiger partial charge in [-0.2, -0.15) is 4.52 Å². The van der Waals surface area contributed by atoms with Gasteiger partial charge in [0.1, 0.15) is 6.04 Å². The Bertz CT molecular complexity index is 888. The van der Waals surface area contributed by atoms with Crippen LogP contribution in [0.4, 0.5) is 5.13 Å². The van der Waals surface area contributed by atoms with Crippen LogP contribution in [-0.4, -0.2) is 64.2 Å². The lowest BCUT2D eigenvalue weighted by Crippen LogP contribution is -2.44. The first-order valence-electron chi connectivity index (χ1n) is 10.3. The Kier molecular flexibility index (Phi) is 5.91. The van der Waals surface area contributed by atoms with Gasteiger partial charge in [0.2, 0.25) is 16.0 Å². The van der Waals surface area contributed by atoms with Gasteiger partial charge in [-0.3, -0.25) is 9.59 Å². The first kappa shape index (κ1) is 19.3. The number of nitrogens with one attached hydrogen (secondary N) is 1. The molecule has 152 valence electrons. The number of nitrogens with zero attached hydrogens (tertiary/aromatic N) is 5. The zero-order chi connectivity index (χ0) is 19.5. The molecule has 2 aliphatic heterocycles. The molecule has 0 spiro atoms. The summed E-state index contributed by atoms with van der Waals surface area (Å²) in [4.78, 5) is 34.3. The summed E-state index contributed by atoms with van der Waals surface area (Å²) in [7, 11) is 0. The fourth-order valence-corrected chi connectivity index (χ4v) is 5.14. The lowest BCUT2D eigenvalue weighted by Gasteiger charge is -2.26. The molecule has 9 heteroatoms. The summed E-state index contributed by atoms with van der Waals surface area (Å²) in [6, 6.07) is 1.26. The molecule has 1 atom stereocenters. The second-order valence-corrected chi connectivity index (χ2v) is 8.65. The Morgan fingerprint density at radius 2 is 2.07 bits per heavy atom. The van der Waals surface area contributed by atoms with Gasteiger partial charge in [0.25, 0.3) is 5.56 Å². The van der Waals surface area contributed by atoms with Gasteiger partial charge in [-0.25, -0.2) is 4.98 Å². The van der Waals surface area contributed by atoms with Gasteiger partial charge in [0.15, 0.2) is 0 Å². The van der Waals surface area contributed by atoms with Crippen molar-refractivity contribution < 1.29 is 4.79 Å². The van der Waals surface area contributed by atoms with Gasteiger partial charge >= 0.3 is 0 Å². The maximum absolute atomic E-state index is 12.7. The minimum atomic E-state index is -0.215. The predicted octanol–water partition coefficient (Wildman–Crippen LogP) is 1.42. The normalized spacial score (nSPS) is 20.8. The van der Waals surface area contributed by atoms with Crippen LogP contribution in [0.15, 0.2) is 10.9 Å². The molecule has 1 amide bonds. The number of likely N-dealkylation sites (tertiary alicyclic amines) is 1. The van der Waals surface area contributed by atoms with E-state index in [1.54, 1.807) is 6.92 Å². The zero-order valence-corrected chi connectivity index (χ0v) is 17.2. The molecular weight excluding hydrogens is 376 g/mol. The minimum Gasteiger partial charge on any atom is -0.354 e. The summed E-state index contributed by atoms with van der Waals surface area (Å²) in [5.41, 5.74) is 0.507. The van der Waals surface area contributed by atoms with Gasteiger partial charge in [-0.1, -0.05) is 17.8 Å². The van der Waals surface area contributed by atoms with E-state index >= 15 is 0 Å². The van der Waals surface area contributed by atoms with Crippen molar-refractivity contribution in [2.75, 3.05) is 37.6 Å². The standard InChI is InChI=1S/C19H28N6O2S/c1-14-13-16(26)25-18(21-14)28-19(22-25)24-12-5-7-15(24)17(27)20-8-6-11-23-9-3-2-4-10-23/h13,15H,2-12H2,1H3,(H,20,27). The highest BCUT2D eigenvalue weighted by molar-refractivity contribution is 7.20. The monoisotopic (exact) mass is 404 g/mol. The molecule has 2 saturated heterocycles. The molecule has 2 fully saturated rings. The number of carbonyl (C=O) groups excluding carboxylic acids is 1. The Morgan fingerprint density at radius 3 is 2.89 bits per heavy atom. The average molecular weight is 405 g/mol. The molecule has 2 aromatic heterocycles. The fraction of sp³-hybridized carbons (Fsp3) is 0.684. The first-order chi connectivity index (χ1) is 13.6. The van der Waals surface area contributed by atoms with Gasteiger partial charge in [-0.15, -0.1) is 5.10 Å². The van der Waals surface area contributed by atoms with E-state index in [0.29, 0.717) is 22.3 Å². The molecule has 1 unspecified atom stereocenters. The molecule has 0 radical (unpaired) electrons. The highest BCUT2D eigenvalue weighted by Gasteiger charge is 2.33. The predicted molar refractivity (Wildman–Crippen MR) is 110 cm³/mol. The van der Waals surface area contributed by atoms with Crippen molar-refractivity contribution in [3.05, 3.63) is 22.1 Å². The summed E-state index contributed by atoms with van der Waals surface area (Å²) >= 11 is 1.37. The molecule has 2 aliphatic rings. The number of piperidine rings is 1. The molecular formula is C19H28N6O2S. The van der Waals surface area contributed by atoms with Crippen molar-refractivity contribution >= 4 is 27.3 Å². The van der Waals surface area contributed by atoms with E-state index in [-0.39, 0.29) is 17.5 Å². The smallest absolute Gasteiger partial charge is 0.275 e. The first-order valence-corrected chi connectivity index (χ1v) is 11.1. The zero-order valence-electron chi connectivity index (χ0n) is 16.4. The number of aromatic nitrogens is 3. The van der Waals surface area contributed by atoms with Crippen LogP contribution in [0.2, 0.25) is 0 Å². The van der Waals surface area contributed by atoms with Crippen LogP contribution in [0.25, 0.3) is 4.96 Å². The van der Waals surface area contributed by atoms with Gasteiger partial charge in [0.05, 0.1) is 0 Å². The summed E-state index contributed by atoms with van der Waals surface area (Å²) in [6.07, 6.45) is 6.68. The van der Waals surface area contributed by atoms with E-state index < -0.39 is 0 Å². The minimum absolute atomic E-state index is 0.0619. The molecule has 0 aromatic carbocycles. The highest BCUT2D eigenvalue weighted by Crippen LogP contribution is 2.29. The summed E-state index contributed by atoms with van der Waals surface area (Å²) in [5.74, 6) is 0.0619. The molecule has 1 N–H and O–H groups in total. The highest BCUT2D eigenvalue weighted by atomic mass is 32.1. The van der Waals surface area contributed by atoms with Crippen LogP contribution in [0.3, 0.4) is 0 Å². The van der Waals surface area contributed by atoms with Gasteiger partial charge in [0, 0.05) is 24.8 Å². The topological polar surface area (TPSA) is 82.8 Å². The molecule has 0 saturated carbocycles. The molecule has 2 aromatic rings. The third-order valence-electron chi connectivity index (χ3n) is 5.56. The molecule has 4 rings (SSSR count). The van der Waals surface area contributed by atoms with Crippen molar-refractivity contribution in [3.63, 3.8) is 0 Å². The Hall–Kier alpha value is -2.00. The van der Waals surface area contributed by atoms with E-state index in [9.17, 15) is 9.59 Å². The van der Waals surface area contributed by atoms with E-state index in [1.165, 1.54) is 54.3 Å². The summed E-state index contributed by atoms with van der Waals surface area (Å²) < 4.78 is 1.33. The SMILES string of the molecule is Cc1cc(=O)n2nc(N3CCCC3C(=O)NCCCN3CCCCC3)sc2n1. The molecule has 28 heavy (non-hydrogen) atoms. The van der Waals surface area contributed by atoms with E-state index in [2.05, 4.69) is 20.3 Å². The summed E-state index contributed by atoms with van der Waals surface area (Å²) in [5, 5.41) is 8.22. The largest absolute Gasteiger partial charge is 0.354 e. The molecule has 0 bridgehead atoms. The van der Waals surface area contributed by atoms with Crippen LogP contribution in [0.1, 0.15) is 44.2 Å². The lowest BCUT2D eigenvalue weighted by atomic mass is 10.1. The second kappa shape index (κ2) is 8.57. The van der Waals surface area contributed by atoms with E-state index in [0.717, 1.165) is 32.4 Å². The molecule has 4 heterocycles. The van der Waals surface area contributed by atoms with Crippen LogP contribution in [0, 0.1) is 6.92 Å². The number of hydrogen-bond donors (Lipinski definition) is 1. The number of aryl methyl sites for hydroxylation is 1. The third-order valence-corrected chi connectivity index (χ3v) is 6.51. The quantitative estimate of drug-likeness (QED) is 0.734. The van der Waals surface area contributed by atoms with Crippen LogP contribution in [-0.2, 0) is 4.79 Å². The molecule has 8 nitrogen and oxygen atoms in total. The third kappa shape index (κ3) is 4.20.